The highest BCUT2D eigenvalue weighted by molar-refractivity contribution is 6.03. The lowest BCUT2D eigenvalue weighted by molar-refractivity contribution is -0.132. The van der Waals surface area contributed by atoms with Gasteiger partial charge in [-0.1, -0.05) is 48.9 Å². The van der Waals surface area contributed by atoms with E-state index in [0.29, 0.717) is 17.5 Å². The molecule has 3 heterocycles. The Bertz CT molecular complexity index is 993. The fourth-order valence-electron chi connectivity index (χ4n) is 5.86. The predicted molar refractivity (Wildman–Crippen MR) is 130 cm³/mol. The van der Waals surface area contributed by atoms with Crippen molar-refractivity contribution < 1.29 is 9.59 Å². The predicted octanol–water partition coefficient (Wildman–Crippen LogP) is 3.98. The van der Waals surface area contributed by atoms with Crippen LogP contribution >= 0.6 is 0 Å². The number of rotatable bonds is 5. The van der Waals surface area contributed by atoms with Crippen LogP contribution in [0.15, 0.2) is 54.6 Å². The molecule has 1 N–H and O–H groups in total. The molecular formula is C27H34N4O2. The van der Waals surface area contributed by atoms with Crippen molar-refractivity contribution in [2.24, 2.45) is 5.92 Å². The van der Waals surface area contributed by atoms with Gasteiger partial charge in [-0.25, -0.2) is 0 Å². The number of piperidine rings is 2. The number of amides is 2. The molecule has 0 radical (unpaired) electrons. The Morgan fingerprint density at radius 3 is 2.61 bits per heavy atom. The number of benzene rings is 2. The molecule has 6 nitrogen and oxygen atoms in total. The van der Waals surface area contributed by atoms with Gasteiger partial charge in [0.05, 0.1) is 5.56 Å². The second kappa shape index (κ2) is 9.56. The summed E-state index contributed by atoms with van der Waals surface area (Å²) in [6.07, 6.45) is 5.86. The van der Waals surface area contributed by atoms with Crippen LogP contribution in [-0.4, -0.2) is 65.8 Å². The minimum Gasteiger partial charge on any atom is -0.361 e. The maximum absolute atomic E-state index is 13.4. The number of carbonyl (C=O) groups excluding carboxylic acids is 2. The maximum Gasteiger partial charge on any atom is 0.258 e. The monoisotopic (exact) mass is 446 g/mol. The van der Waals surface area contributed by atoms with Crippen molar-refractivity contribution >= 4 is 17.5 Å². The number of nitrogens with one attached hydrogen (secondary N) is 1. The van der Waals surface area contributed by atoms with Crippen molar-refractivity contribution in [2.45, 2.75) is 44.3 Å². The van der Waals surface area contributed by atoms with Crippen molar-refractivity contribution in [2.75, 3.05) is 38.5 Å². The summed E-state index contributed by atoms with van der Waals surface area (Å²) in [7, 11) is 1.90. The molecule has 0 saturated carbocycles. The number of hydrogen-bond donors (Lipinski definition) is 1. The molecule has 0 aliphatic carbocycles. The summed E-state index contributed by atoms with van der Waals surface area (Å²) in [5.74, 6) is 0.420. The first-order valence-corrected chi connectivity index (χ1v) is 12.3. The van der Waals surface area contributed by atoms with Crippen molar-refractivity contribution in [3.05, 3.63) is 65.7 Å². The van der Waals surface area contributed by atoms with E-state index in [1.807, 2.05) is 66.5 Å². The summed E-state index contributed by atoms with van der Waals surface area (Å²) < 4.78 is 0. The van der Waals surface area contributed by atoms with Crippen LogP contribution < -0.4 is 5.32 Å². The zero-order valence-electron chi connectivity index (χ0n) is 19.5. The zero-order chi connectivity index (χ0) is 22.8. The van der Waals surface area contributed by atoms with Gasteiger partial charge in [-0.05, 0) is 62.4 Å². The standard InChI is InChI=1S/C27H34N4O2/c1-29(18-21-12-9-17-30-16-8-7-15-24(21)30)25(32)19-31-26(20-10-3-2-4-11-20)28-23-14-6-5-13-22(23)27(31)33/h2-6,10-11,13-14,21,24,26,28H,7-9,12,15-19H2,1H3. The van der Waals surface area contributed by atoms with Crippen LogP contribution in [0.25, 0.3) is 0 Å². The van der Waals surface area contributed by atoms with E-state index >= 15 is 0 Å². The number of likely N-dealkylation sites (N-methyl/N-ethyl adjacent to an activating group) is 1. The normalized spacial score (nSPS) is 25.1. The third-order valence-corrected chi connectivity index (χ3v) is 7.61. The van der Waals surface area contributed by atoms with Crippen molar-refractivity contribution in [3.63, 3.8) is 0 Å². The Morgan fingerprint density at radius 2 is 1.76 bits per heavy atom. The molecule has 0 spiro atoms. The van der Waals surface area contributed by atoms with E-state index < -0.39 is 0 Å². The molecule has 174 valence electrons. The second-order valence-electron chi connectivity index (χ2n) is 9.71. The summed E-state index contributed by atoms with van der Waals surface area (Å²) in [5, 5.41) is 3.48. The molecule has 6 heteroatoms. The van der Waals surface area contributed by atoms with Crippen LogP contribution in [0.1, 0.15) is 54.2 Å². The van der Waals surface area contributed by atoms with E-state index in [0.717, 1.165) is 17.8 Å². The summed E-state index contributed by atoms with van der Waals surface area (Å²) in [6, 6.07) is 18.0. The Morgan fingerprint density at radius 1 is 1.00 bits per heavy atom. The van der Waals surface area contributed by atoms with E-state index in [2.05, 4.69) is 10.2 Å². The van der Waals surface area contributed by atoms with Crippen LogP contribution in [0.3, 0.4) is 0 Å². The SMILES string of the molecule is CN(CC1CCCN2CCCCC12)C(=O)CN1C(=O)c2ccccc2NC1c1ccccc1. The Labute approximate surface area is 196 Å². The van der Waals surface area contributed by atoms with E-state index in [4.69, 9.17) is 0 Å². The topological polar surface area (TPSA) is 55.9 Å². The lowest BCUT2D eigenvalue weighted by Gasteiger charge is -2.45. The molecule has 3 unspecified atom stereocenters. The lowest BCUT2D eigenvalue weighted by Crippen LogP contribution is -2.52. The quantitative estimate of drug-likeness (QED) is 0.755. The minimum atomic E-state index is -0.366. The van der Waals surface area contributed by atoms with Crippen LogP contribution in [0.5, 0.6) is 0 Å². The second-order valence-corrected chi connectivity index (χ2v) is 9.71. The highest BCUT2D eigenvalue weighted by atomic mass is 16.2. The molecule has 0 bridgehead atoms. The van der Waals surface area contributed by atoms with E-state index in [1.165, 1.54) is 45.2 Å². The molecule has 3 aliphatic rings. The first-order valence-electron chi connectivity index (χ1n) is 12.3. The molecule has 2 saturated heterocycles. The van der Waals surface area contributed by atoms with E-state index in [-0.39, 0.29) is 24.5 Å². The highest BCUT2D eigenvalue weighted by Gasteiger charge is 2.37. The lowest BCUT2D eigenvalue weighted by atomic mass is 9.83. The molecule has 2 amide bonds. The fraction of sp³-hybridized carbons (Fsp3) is 0.481. The van der Waals surface area contributed by atoms with Crippen LogP contribution in [-0.2, 0) is 4.79 Å². The van der Waals surface area contributed by atoms with Gasteiger partial charge in [-0.2, -0.15) is 0 Å². The average molecular weight is 447 g/mol. The molecule has 0 aromatic heterocycles. The summed E-state index contributed by atoms with van der Waals surface area (Å²) in [6.45, 7) is 3.23. The molecule has 5 rings (SSSR count). The van der Waals surface area contributed by atoms with Gasteiger partial charge in [-0.3, -0.25) is 9.59 Å². The molecule has 33 heavy (non-hydrogen) atoms. The van der Waals surface area contributed by atoms with Gasteiger partial charge in [0.15, 0.2) is 0 Å². The van der Waals surface area contributed by atoms with Crippen molar-refractivity contribution in [3.8, 4) is 0 Å². The fourth-order valence-corrected chi connectivity index (χ4v) is 5.86. The average Bonchev–Trinajstić information content (AvgIpc) is 2.86. The largest absolute Gasteiger partial charge is 0.361 e. The molecular weight excluding hydrogens is 412 g/mol. The number of hydrogen-bond acceptors (Lipinski definition) is 4. The van der Waals surface area contributed by atoms with Crippen LogP contribution in [0, 0.1) is 5.92 Å². The van der Waals surface area contributed by atoms with Gasteiger partial charge >= 0.3 is 0 Å². The van der Waals surface area contributed by atoms with E-state index in [1.54, 1.807) is 4.90 Å². The van der Waals surface area contributed by atoms with Gasteiger partial charge in [-0.15, -0.1) is 0 Å². The zero-order valence-corrected chi connectivity index (χ0v) is 19.5. The highest BCUT2D eigenvalue weighted by Crippen LogP contribution is 2.34. The summed E-state index contributed by atoms with van der Waals surface area (Å²) >= 11 is 0. The molecule has 2 aromatic carbocycles. The van der Waals surface area contributed by atoms with Crippen molar-refractivity contribution in [1.82, 2.24) is 14.7 Å². The smallest absolute Gasteiger partial charge is 0.258 e. The van der Waals surface area contributed by atoms with Crippen LogP contribution in [0.4, 0.5) is 5.69 Å². The van der Waals surface area contributed by atoms with Gasteiger partial charge in [0.25, 0.3) is 5.91 Å². The summed E-state index contributed by atoms with van der Waals surface area (Å²) in [4.78, 5) is 33.0. The number of nitrogens with zero attached hydrogens (tertiary/aromatic N) is 3. The van der Waals surface area contributed by atoms with Crippen LogP contribution in [0.2, 0.25) is 0 Å². The number of anilines is 1. The third kappa shape index (κ3) is 4.49. The molecule has 2 aromatic rings. The number of para-hydroxylation sites is 1. The third-order valence-electron chi connectivity index (χ3n) is 7.61. The number of carbonyl (C=O) groups is 2. The first-order chi connectivity index (χ1) is 16.1. The van der Waals surface area contributed by atoms with Crippen molar-refractivity contribution in [1.29, 1.82) is 0 Å². The first kappa shape index (κ1) is 22.0. The van der Waals surface area contributed by atoms with Gasteiger partial charge in [0.2, 0.25) is 5.91 Å². The summed E-state index contributed by atoms with van der Waals surface area (Å²) in [5.41, 5.74) is 2.40. The van der Waals surface area contributed by atoms with Gasteiger partial charge in [0, 0.05) is 25.3 Å². The van der Waals surface area contributed by atoms with Gasteiger partial charge < -0.3 is 20.0 Å². The molecule has 3 atom stereocenters. The van der Waals surface area contributed by atoms with E-state index in [9.17, 15) is 9.59 Å². The Hall–Kier alpha value is -2.86. The molecule has 3 aliphatic heterocycles. The van der Waals surface area contributed by atoms with Gasteiger partial charge in [0.1, 0.15) is 12.7 Å². The molecule has 2 fully saturated rings. The number of fused-ring (bicyclic) bond motifs is 2. The Balaban J connectivity index is 1.32. The Kier molecular flexibility index (Phi) is 6.36. The minimum absolute atomic E-state index is 0.00149. The maximum atomic E-state index is 13.4.